The third-order valence-electron chi connectivity index (χ3n) is 7.32. The zero-order valence-corrected chi connectivity index (χ0v) is 20.6. The normalized spacial score (nSPS) is 23.4. The first-order chi connectivity index (χ1) is 17.4. The van der Waals surface area contributed by atoms with Crippen LogP contribution in [0.15, 0.2) is 91.0 Å². The first-order valence-corrected chi connectivity index (χ1v) is 12.3. The van der Waals surface area contributed by atoms with Crippen molar-refractivity contribution >= 4 is 23.3 Å². The van der Waals surface area contributed by atoms with Gasteiger partial charge >= 0.3 is 5.97 Å². The number of carbonyl (C=O) groups excluding carboxylic acids is 4. The minimum absolute atomic E-state index is 0.00692. The molecule has 5 nitrogen and oxygen atoms in total. The maximum Gasteiger partial charge on any atom is 0.319 e. The lowest BCUT2D eigenvalue weighted by atomic mass is 9.55. The quantitative estimate of drug-likeness (QED) is 0.234. The van der Waals surface area contributed by atoms with Crippen LogP contribution in [0.1, 0.15) is 58.9 Å². The van der Waals surface area contributed by atoms with E-state index < -0.39 is 29.1 Å². The highest BCUT2D eigenvalue weighted by atomic mass is 16.5. The second-order valence-electron chi connectivity index (χ2n) is 9.38. The van der Waals surface area contributed by atoms with Crippen molar-refractivity contribution in [1.82, 2.24) is 0 Å². The van der Waals surface area contributed by atoms with Crippen LogP contribution in [0.4, 0.5) is 0 Å². The molecule has 4 rings (SSSR count). The fraction of sp³-hybridized carbons (Fsp3) is 0.290. The standard InChI is InChI=1S/C31H30O5/c1-3-36-30(35)31(21(2)32)19-25(28(33)23-15-9-5-10-16-23)27(22-13-7-4-8-14-22)26(20-31)29(34)24-17-11-6-12-18-24/h4-18,25-27H,3,19-20H2,1-2H3/t25-,26-,27?,31?/m0/s1. The molecule has 1 aliphatic carbocycles. The highest BCUT2D eigenvalue weighted by Gasteiger charge is 2.57. The Bertz CT molecular complexity index is 1170. The SMILES string of the molecule is CCOC(=O)C1(C(C)=O)C[C@H](C(=O)c2ccccc2)C(c2ccccc2)[C@@H](C(=O)c2ccccc2)C1. The predicted molar refractivity (Wildman–Crippen MR) is 137 cm³/mol. The molecule has 0 saturated heterocycles. The van der Waals surface area contributed by atoms with Crippen LogP contribution in [0.2, 0.25) is 0 Å². The fourth-order valence-corrected chi connectivity index (χ4v) is 5.52. The average molecular weight is 483 g/mol. The summed E-state index contributed by atoms with van der Waals surface area (Å²) in [4.78, 5) is 54.5. The monoisotopic (exact) mass is 482 g/mol. The molecule has 1 saturated carbocycles. The summed E-state index contributed by atoms with van der Waals surface area (Å²) in [5.74, 6) is -3.47. The van der Waals surface area contributed by atoms with Crippen molar-refractivity contribution in [2.24, 2.45) is 17.3 Å². The Kier molecular flexibility index (Phi) is 7.58. The van der Waals surface area contributed by atoms with Crippen LogP contribution in [0.25, 0.3) is 0 Å². The molecule has 0 radical (unpaired) electrons. The van der Waals surface area contributed by atoms with Crippen LogP contribution in [0.3, 0.4) is 0 Å². The van der Waals surface area contributed by atoms with Crippen molar-refractivity contribution in [3.8, 4) is 0 Å². The van der Waals surface area contributed by atoms with E-state index in [1.807, 2.05) is 42.5 Å². The van der Waals surface area contributed by atoms with Crippen molar-refractivity contribution in [3.05, 3.63) is 108 Å². The molecule has 0 aromatic heterocycles. The van der Waals surface area contributed by atoms with Crippen LogP contribution in [-0.4, -0.2) is 29.9 Å². The van der Waals surface area contributed by atoms with Crippen LogP contribution in [-0.2, 0) is 14.3 Å². The van der Waals surface area contributed by atoms with Gasteiger partial charge in [0, 0.05) is 28.9 Å². The van der Waals surface area contributed by atoms with Crippen molar-refractivity contribution in [1.29, 1.82) is 0 Å². The third kappa shape index (κ3) is 4.78. The lowest BCUT2D eigenvalue weighted by molar-refractivity contribution is -0.163. The third-order valence-corrected chi connectivity index (χ3v) is 7.32. The summed E-state index contributed by atoms with van der Waals surface area (Å²) >= 11 is 0. The van der Waals surface area contributed by atoms with Crippen LogP contribution < -0.4 is 0 Å². The van der Waals surface area contributed by atoms with E-state index in [0.717, 1.165) is 5.56 Å². The van der Waals surface area contributed by atoms with Crippen molar-refractivity contribution in [3.63, 3.8) is 0 Å². The lowest BCUT2D eigenvalue weighted by Gasteiger charge is -2.45. The summed E-state index contributed by atoms with van der Waals surface area (Å²) < 4.78 is 5.37. The van der Waals surface area contributed by atoms with Gasteiger partial charge in [0.05, 0.1) is 6.61 Å². The molecule has 0 heterocycles. The van der Waals surface area contributed by atoms with E-state index in [0.29, 0.717) is 11.1 Å². The van der Waals surface area contributed by atoms with Gasteiger partial charge in [0.15, 0.2) is 11.6 Å². The van der Waals surface area contributed by atoms with E-state index >= 15 is 0 Å². The topological polar surface area (TPSA) is 77.5 Å². The minimum Gasteiger partial charge on any atom is -0.465 e. The van der Waals surface area contributed by atoms with E-state index in [4.69, 9.17) is 4.74 Å². The van der Waals surface area contributed by atoms with Gasteiger partial charge in [-0.2, -0.15) is 0 Å². The van der Waals surface area contributed by atoms with Gasteiger partial charge in [-0.1, -0.05) is 91.0 Å². The first kappa shape index (κ1) is 25.2. The van der Waals surface area contributed by atoms with Crippen molar-refractivity contribution in [2.45, 2.75) is 32.6 Å². The Morgan fingerprint density at radius 3 is 1.53 bits per heavy atom. The Morgan fingerprint density at radius 1 is 0.722 bits per heavy atom. The predicted octanol–water partition coefficient (Wildman–Crippen LogP) is 5.70. The van der Waals surface area contributed by atoms with E-state index in [9.17, 15) is 19.2 Å². The van der Waals surface area contributed by atoms with Crippen molar-refractivity contribution < 1.29 is 23.9 Å². The molecule has 3 aromatic rings. The molecule has 0 bridgehead atoms. The number of hydrogen-bond donors (Lipinski definition) is 0. The fourth-order valence-electron chi connectivity index (χ4n) is 5.52. The van der Waals surface area contributed by atoms with E-state index in [1.165, 1.54) is 6.92 Å². The van der Waals surface area contributed by atoms with Gasteiger partial charge in [-0.15, -0.1) is 0 Å². The number of hydrogen-bond acceptors (Lipinski definition) is 5. The number of carbonyl (C=O) groups is 4. The number of ketones is 3. The zero-order valence-electron chi connectivity index (χ0n) is 20.6. The summed E-state index contributed by atoms with van der Waals surface area (Å²) in [6, 6.07) is 27.1. The van der Waals surface area contributed by atoms with Crippen molar-refractivity contribution in [2.75, 3.05) is 6.61 Å². The summed E-state index contributed by atoms with van der Waals surface area (Å²) in [5.41, 5.74) is 0.225. The first-order valence-electron chi connectivity index (χ1n) is 12.3. The molecule has 184 valence electrons. The molecule has 0 amide bonds. The van der Waals surface area contributed by atoms with Gasteiger partial charge in [0.1, 0.15) is 11.2 Å². The Morgan fingerprint density at radius 2 is 1.14 bits per heavy atom. The minimum atomic E-state index is -1.58. The van der Waals surface area contributed by atoms with Gasteiger partial charge in [0.25, 0.3) is 0 Å². The molecular formula is C31H30O5. The van der Waals surface area contributed by atoms with Crippen LogP contribution in [0, 0.1) is 17.3 Å². The number of ether oxygens (including phenoxy) is 1. The summed E-state index contributed by atoms with van der Waals surface area (Å²) in [5, 5.41) is 0. The van der Waals surface area contributed by atoms with Crippen LogP contribution in [0.5, 0.6) is 0 Å². The number of Topliss-reactive ketones (excluding diaryl/α,β-unsaturated/α-hetero) is 3. The summed E-state index contributed by atoms with van der Waals surface area (Å²) in [6.45, 7) is 3.14. The smallest absolute Gasteiger partial charge is 0.319 e. The van der Waals surface area contributed by atoms with E-state index in [2.05, 4.69) is 0 Å². The number of esters is 1. The van der Waals surface area contributed by atoms with Gasteiger partial charge in [-0.25, -0.2) is 0 Å². The maximum absolute atomic E-state index is 14.0. The Hall–Kier alpha value is -3.86. The highest BCUT2D eigenvalue weighted by molar-refractivity contribution is 6.07. The summed E-state index contributed by atoms with van der Waals surface area (Å²) in [6.07, 6.45) is -0.0138. The van der Waals surface area contributed by atoms with E-state index in [1.54, 1.807) is 55.5 Å². The average Bonchev–Trinajstić information content (AvgIpc) is 2.93. The molecule has 3 aromatic carbocycles. The largest absolute Gasteiger partial charge is 0.465 e. The number of benzene rings is 3. The lowest BCUT2D eigenvalue weighted by Crippen LogP contribution is -2.51. The zero-order chi connectivity index (χ0) is 25.7. The molecule has 0 aliphatic heterocycles. The van der Waals surface area contributed by atoms with Gasteiger partial charge in [-0.05, 0) is 32.3 Å². The van der Waals surface area contributed by atoms with Gasteiger partial charge in [0.2, 0.25) is 0 Å². The van der Waals surface area contributed by atoms with Gasteiger partial charge in [-0.3, -0.25) is 19.2 Å². The molecule has 0 N–H and O–H groups in total. The molecule has 5 heteroatoms. The Labute approximate surface area is 211 Å². The molecule has 0 unspecified atom stereocenters. The second kappa shape index (κ2) is 10.8. The second-order valence-corrected chi connectivity index (χ2v) is 9.38. The number of rotatable bonds is 8. The molecule has 1 aliphatic rings. The Balaban J connectivity index is 1.92. The van der Waals surface area contributed by atoms with E-state index in [-0.39, 0.29) is 36.8 Å². The molecule has 36 heavy (non-hydrogen) atoms. The van der Waals surface area contributed by atoms with Gasteiger partial charge < -0.3 is 4.74 Å². The maximum atomic E-state index is 14.0. The van der Waals surface area contributed by atoms with Crippen LogP contribution >= 0.6 is 0 Å². The molecule has 0 spiro atoms. The summed E-state index contributed by atoms with van der Waals surface area (Å²) in [7, 11) is 0. The molecular weight excluding hydrogens is 452 g/mol. The molecule has 1 fully saturated rings. The molecule has 2 atom stereocenters. The highest BCUT2D eigenvalue weighted by Crippen LogP contribution is 2.53.